The fraction of sp³-hybridized carbons (Fsp3) is 0. The number of hydrogen-bond donors (Lipinski definition) is 0. The highest BCUT2D eigenvalue weighted by molar-refractivity contribution is 5.48. The third kappa shape index (κ3) is 3.28. The molecule has 3 heteroatoms. The van der Waals surface area contributed by atoms with Gasteiger partial charge in [0.15, 0.2) is 0 Å². The van der Waals surface area contributed by atoms with E-state index in [1.807, 2.05) is 36.4 Å². The van der Waals surface area contributed by atoms with Gasteiger partial charge in [0, 0.05) is 17.2 Å². The quantitative estimate of drug-likeness (QED) is 0.442. The minimum Gasteiger partial charge on any atom is -0.594 e. The number of nitrogens with zero attached hydrogens (tertiary/aromatic N) is 2. The SMILES string of the molecule is [O-][N+](=N/C=C/c1ccccc1)c1ccccc1. The Hall–Kier alpha value is -2.42. The molecule has 84 valence electrons. The summed E-state index contributed by atoms with van der Waals surface area (Å²) in [6.45, 7) is 0. The Morgan fingerprint density at radius 2 is 1.47 bits per heavy atom. The van der Waals surface area contributed by atoms with Crippen molar-refractivity contribution in [3.05, 3.63) is 77.6 Å². The van der Waals surface area contributed by atoms with Crippen molar-refractivity contribution in [3.63, 3.8) is 0 Å². The molecule has 0 aliphatic carbocycles. The first-order valence-electron chi connectivity index (χ1n) is 5.31. The fourth-order valence-electron chi connectivity index (χ4n) is 1.37. The van der Waals surface area contributed by atoms with Gasteiger partial charge in [-0.15, -0.1) is 0 Å². The monoisotopic (exact) mass is 224 g/mol. The zero-order valence-electron chi connectivity index (χ0n) is 9.23. The van der Waals surface area contributed by atoms with Gasteiger partial charge in [-0.1, -0.05) is 53.4 Å². The average Bonchev–Trinajstić information content (AvgIpc) is 2.41. The van der Waals surface area contributed by atoms with Crippen LogP contribution in [0.25, 0.3) is 6.08 Å². The summed E-state index contributed by atoms with van der Waals surface area (Å²) in [4.78, 5) is 0.597. The number of hydrogen-bond acceptors (Lipinski definition) is 2. The predicted octanol–water partition coefficient (Wildman–Crippen LogP) is 3.95. The number of benzene rings is 2. The van der Waals surface area contributed by atoms with Crippen LogP contribution in [0, 0.1) is 5.21 Å². The van der Waals surface area contributed by atoms with Crippen LogP contribution in [0.3, 0.4) is 0 Å². The summed E-state index contributed by atoms with van der Waals surface area (Å²) < 4.78 is 0. The first-order chi connectivity index (χ1) is 8.36. The molecule has 0 saturated carbocycles. The van der Waals surface area contributed by atoms with Crippen molar-refractivity contribution in [3.8, 4) is 0 Å². The van der Waals surface area contributed by atoms with Gasteiger partial charge in [-0.3, -0.25) is 0 Å². The highest BCUT2D eigenvalue weighted by Gasteiger charge is 1.97. The largest absolute Gasteiger partial charge is 0.594 e. The van der Waals surface area contributed by atoms with Crippen molar-refractivity contribution in [2.45, 2.75) is 0 Å². The molecule has 17 heavy (non-hydrogen) atoms. The van der Waals surface area contributed by atoms with E-state index in [4.69, 9.17) is 0 Å². The summed E-state index contributed by atoms with van der Waals surface area (Å²) in [5, 5.41) is 15.3. The second kappa shape index (κ2) is 5.61. The van der Waals surface area contributed by atoms with E-state index in [-0.39, 0.29) is 0 Å². The lowest BCUT2D eigenvalue weighted by molar-refractivity contribution is -0.436. The lowest BCUT2D eigenvalue weighted by Crippen LogP contribution is -1.88. The highest BCUT2D eigenvalue weighted by Crippen LogP contribution is 2.10. The molecule has 0 bridgehead atoms. The van der Waals surface area contributed by atoms with Crippen LogP contribution in [0.2, 0.25) is 0 Å². The summed E-state index contributed by atoms with van der Waals surface area (Å²) >= 11 is 0. The molecule has 0 atom stereocenters. The predicted molar refractivity (Wildman–Crippen MR) is 67.6 cm³/mol. The molecule has 0 N–H and O–H groups in total. The Balaban J connectivity index is 2.09. The Kier molecular flexibility index (Phi) is 3.65. The zero-order valence-corrected chi connectivity index (χ0v) is 9.23. The number of azo groups is 1. The Bertz CT molecular complexity index is 518. The van der Waals surface area contributed by atoms with Crippen LogP contribution >= 0.6 is 0 Å². The van der Waals surface area contributed by atoms with E-state index >= 15 is 0 Å². The molecule has 0 aliphatic rings. The van der Waals surface area contributed by atoms with E-state index in [2.05, 4.69) is 5.11 Å². The van der Waals surface area contributed by atoms with Crippen LogP contribution in [0.1, 0.15) is 5.56 Å². The molecule has 0 aliphatic heterocycles. The van der Waals surface area contributed by atoms with Gasteiger partial charge < -0.3 is 5.21 Å². The molecule has 3 nitrogen and oxygen atoms in total. The van der Waals surface area contributed by atoms with E-state index in [9.17, 15) is 5.21 Å². The second-order valence-electron chi connectivity index (χ2n) is 3.45. The summed E-state index contributed by atoms with van der Waals surface area (Å²) in [6.07, 6.45) is 3.28. The topological polar surface area (TPSA) is 38.4 Å². The minimum atomic E-state index is 0.519. The Morgan fingerprint density at radius 1 is 0.882 bits per heavy atom. The molecule has 0 fully saturated rings. The third-order valence-electron chi connectivity index (χ3n) is 2.22. The molecular formula is C14H12N2O. The molecule has 2 aromatic carbocycles. The number of rotatable bonds is 3. The standard InChI is InChI=1S/C14H12N2O/c17-16(14-9-5-2-6-10-14)15-12-11-13-7-3-1-4-8-13/h1-12H/b12-11+,16-15?. The molecule has 0 unspecified atom stereocenters. The van der Waals surface area contributed by atoms with Crippen molar-refractivity contribution in [1.29, 1.82) is 0 Å². The maximum atomic E-state index is 11.5. The van der Waals surface area contributed by atoms with Gasteiger partial charge in [-0.2, -0.15) is 0 Å². The van der Waals surface area contributed by atoms with Crippen molar-refractivity contribution in [2.24, 2.45) is 5.11 Å². The molecule has 0 radical (unpaired) electrons. The van der Waals surface area contributed by atoms with Gasteiger partial charge in [0.25, 0.3) is 0 Å². The Morgan fingerprint density at radius 3 is 2.12 bits per heavy atom. The number of para-hydroxylation sites is 1. The van der Waals surface area contributed by atoms with Crippen LogP contribution in [0.15, 0.2) is 72.0 Å². The van der Waals surface area contributed by atoms with E-state index < -0.39 is 0 Å². The van der Waals surface area contributed by atoms with E-state index in [1.165, 1.54) is 6.20 Å². The van der Waals surface area contributed by atoms with Gasteiger partial charge >= 0.3 is 0 Å². The molecule has 0 saturated heterocycles. The summed E-state index contributed by atoms with van der Waals surface area (Å²) in [7, 11) is 0. The third-order valence-corrected chi connectivity index (χ3v) is 2.22. The minimum absolute atomic E-state index is 0.519. The van der Waals surface area contributed by atoms with Gasteiger partial charge in [-0.25, -0.2) is 0 Å². The summed E-state index contributed by atoms with van der Waals surface area (Å²) in [6, 6.07) is 18.6. The fourth-order valence-corrected chi connectivity index (χ4v) is 1.37. The van der Waals surface area contributed by atoms with Gasteiger partial charge in [0.1, 0.15) is 0 Å². The van der Waals surface area contributed by atoms with Crippen LogP contribution in [0.5, 0.6) is 0 Å². The summed E-state index contributed by atoms with van der Waals surface area (Å²) in [5.41, 5.74) is 1.53. The van der Waals surface area contributed by atoms with E-state index in [0.29, 0.717) is 10.5 Å². The van der Waals surface area contributed by atoms with Crippen molar-refractivity contribution in [1.82, 2.24) is 0 Å². The maximum Gasteiger partial charge on any atom is 0.244 e. The molecule has 0 spiro atoms. The molecule has 0 aromatic heterocycles. The van der Waals surface area contributed by atoms with Crippen molar-refractivity contribution in [2.75, 3.05) is 0 Å². The van der Waals surface area contributed by atoms with Crippen molar-refractivity contribution >= 4 is 11.8 Å². The van der Waals surface area contributed by atoms with Gasteiger partial charge in [0.2, 0.25) is 5.69 Å². The maximum absolute atomic E-state index is 11.5. The Labute approximate surface area is 99.9 Å². The van der Waals surface area contributed by atoms with Crippen molar-refractivity contribution < 1.29 is 4.86 Å². The highest BCUT2D eigenvalue weighted by atomic mass is 16.5. The smallest absolute Gasteiger partial charge is 0.244 e. The van der Waals surface area contributed by atoms with E-state index in [0.717, 1.165) is 5.56 Å². The average molecular weight is 224 g/mol. The normalized spacial score (nSPS) is 11.9. The van der Waals surface area contributed by atoms with Crippen LogP contribution in [-0.2, 0) is 0 Å². The lowest BCUT2D eigenvalue weighted by atomic mass is 10.2. The van der Waals surface area contributed by atoms with Gasteiger partial charge in [-0.05, 0) is 11.6 Å². The first-order valence-corrected chi connectivity index (χ1v) is 5.31. The van der Waals surface area contributed by atoms with Crippen LogP contribution in [-0.4, -0.2) is 4.86 Å². The van der Waals surface area contributed by atoms with Gasteiger partial charge in [0.05, 0.1) is 6.20 Å². The first kappa shape index (κ1) is 11.1. The lowest BCUT2D eigenvalue weighted by Gasteiger charge is -1.96. The molecule has 2 aromatic rings. The molecule has 2 rings (SSSR count). The molecule has 0 amide bonds. The zero-order chi connectivity index (χ0) is 11.9. The van der Waals surface area contributed by atoms with E-state index in [1.54, 1.807) is 30.3 Å². The second-order valence-corrected chi connectivity index (χ2v) is 3.45. The van der Waals surface area contributed by atoms with Crippen LogP contribution in [0.4, 0.5) is 5.69 Å². The molecular weight excluding hydrogens is 212 g/mol. The molecule has 0 heterocycles. The van der Waals surface area contributed by atoms with Crippen LogP contribution < -0.4 is 0 Å². The summed E-state index contributed by atoms with van der Waals surface area (Å²) in [5.74, 6) is 0.